The molecule has 19 heavy (non-hydrogen) atoms. The second-order valence-corrected chi connectivity index (χ2v) is 5.99. The molecule has 0 bridgehead atoms. The Hall–Kier alpha value is -0.770. The average Bonchev–Trinajstić information content (AvgIpc) is 2.32. The van der Waals surface area contributed by atoms with Gasteiger partial charge in [0, 0.05) is 13.6 Å². The predicted octanol–water partition coefficient (Wildman–Crippen LogP) is 3.33. The molecular weight excluding hydrogens is 283 g/mol. The van der Waals surface area contributed by atoms with Gasteiger partial charge in [0.2, 0.25) is 5.91 Å². The highest BCUT2D eigenvalue weighted by atomic mass is 35.5. The fourth-order valence-electron chi connectivity index (χ4n) is 1.88. The van der Waals surface area contributed by atoms with Crippen LogP contribution in [0.25, 0.3) is 0 Å². The fourth-order valence-corrected chi connectivity index (χ4v) is 2.20. The standard InChI is InChI=1S/C14H20Cl2N2O/c1-9(2)6-13(17)14(19)18(3)8-10-4-5-11(15)12(16)7-10/h4-5,7,9,13H,6,8,17H2,1-3H3/t13-/m1/s1. The van der Waals surface area contributed by atoms with Crippen LogP contribution in [0, 0.1) is 5.92 Å². The van der Waals surface area contributed by atoms with Gasteiger partial charge in [-0.2, -0.15) is 0 Å². The molecule has 0 aliphatic heterocycles. The summed E-state index contributed by atoms with van der Waals surface area (Å²) in [6.45, 7) is 4.57. The summed E-state index contributed by atoms with van der Waals surface area (Å²) in [6.07, 6.45) is 0.685. The Labute approximate surface area is 124 Å². The van der Waals surface area contributed by atoms with E-state index in [9.17, 15) is 4.79 Å². The van der Waals surface area contributed by atoms with Crippen LogP contribution in [0.2, 0.25) is 10.0 Å². The van der Waals surface area contributed by atoms with Gasteiger partial charge in [-0.3, -0.25) is 4.79 Å². The number of rotatable bonds is 5. The molecule has 1 aromatic rings. The molecule has 1 atom stereocenters. The average molecular weight is 303 g/mol. The molecule has 1 aromatic carbocycles. The number of carbonyl (C=O) groups is 1. The first-order valence-corrected chi connectivity index (χ1v) is 7.01. The smallest absolute Gasteiger partial charge is 0.239 e. The number of nitrogens with two attached hydrogens (primary N) is 1. The van der Waals surface area contributed by atoms with E-state index in [1.165, 1.54) is 0 Å². The summed E-state index contributed by atoms with van der Waals surface area (Å²) in [5.41, 5.74) is 6.82. The van der Waals surface area contributed by atoms with Gasteiger partial charge in [0.05, 0.1) is 16.1 Å². The summed E-state index contributed by atoms with van der Waals surface area (Å²) in [7, 11) is 1.74. The predicted molar refractivity (Wildman–Crippen MR) is 80.4 cm³/mol. The number of amides is 1. The molecule has 0 unspecified atom stereocenters. The molecule has 0 aromatic heterocycles. The van der Waals surface area contributed by atoms with E-state index in [1.54, 1.807) is 24.1 Å². The van der Waals surface area contributed by atoms with Gasteiger partial charge in [-0.05, 0) is 30.0 Å². The van der Waals surface area contributed by atoms with Crippen LogP contribution in [0.15, 0.2) is 18.2 Å². The molecule has 2 N–H and O–H groups in total. The highest BCUT2D eigenvalue weighted by Crippen LogP contribution is 2.23. The largest absolute Gasteiger partial charge is 0.340 e. The van der Waals surface area contributed by atoms with Crippen molar-refractivity contribution in [3.63, 3.8) is 0 Å². The summed E-state index contributed by atoms with van der Waals surface area (Å²) >= 11 is 11.8. The molecule has 1 rings (SSSR count). The highest BCUT2D eigenvalue weighted by molar-refractivity contribution is 6.42. The van der Waals surface area contributed by atoms with Crippen LogP contribution in [0.1, 0.15) is 25.8 Å². The maximum atomic E-state index is 12.1. The monoisotopic (exact) mass is 302 g/mol. The summed E-state index contributed by atoms with van der Waals surface area (Å²) in [6, 6.07) is 4.90. The lowest BCUT2D eigenvalue weighted by Gasteiger charge is -2.22. The van der Waals surface area contributed by atoms with E-state index in [2.05, 4.69) is 0 Å². The van der Waals surface area contributed by atoms with Gasteiger partial charge < -0.3 is 10.6 Å². The molecule has 0 aliphatic rings. The van der Waals surface area contributed by atoms with Crippen molar-refractivity contribution in [2.75, 3.05) is 7.05 Å². The number of nitrogens with zero attached hydrogens (tertiary/aromatic N) is 1. The van der Waals surface area contributed by atoms with Crippen molar-refractivity contribution in [2.45, 2.75) is 32.9 Å². The normalized spacial score (nSPS) is 12.6. The Morgan fingerprint density at radius 1 is 1.32 bits per heavy atom. The number of halogens is 2. The van der Waals surface area contributed by atoms with Crippen LogP contribution in [0.3, 0.4) is 0 Å². The lowest BCUT2D eigenvalue weighted by molar-refractivity contribution is -0.132. The number of likely N-dealkylation sites (N-methyl/N-ethyl adjacent to an activating group) is 1. The van der Waals surface area contributed by atoms with Crippen LogP contribution >= 0.6 is 23.2 Å². The Balaban J connectivity index is 2.65. The van der Waals surface area contributed by atoms with Crippen molar-refractivity contribution in [2.24, 2.45) is 11.7 Å². The van der Waals surface area contributed by atoms with Gasteiger partial charge in [0.1, 0.15) is 0 Å². The van der Waals surface area contributed by atoms with E-state index in [1.807, 2.05) is 19.9 Å². The molecule has 106 valence electrons. The zero-order valence-electron chi connectivity index (χ0n) is 11.5. The third-order valence-corrected chi connectivity index (χ3v) is 3.56. The van der Waals surface area contributed by atoms with Gasteiger partial charge in [-0.15, -0.1) is 0 Å². The Kier molecular flexibility index (Phi) is 6.11. The molecular formula is C14H20Cl2N2O. The minimum absolute atomic E-state index is 0.0558. The van der Waals surface area contributed by atoms with E-state index in [-0.39, 0.29) is 5.91 Å². The zero-order chi connectivity index (χ0) is 14.6. The Morgan fingerprint density at radius 2 is 1.95 bits per heavy atom. The van der Waals surface area contributed by atoms with E-state index < -0.39 is 6.04 Å². The van der Waals surface area contributed by atoms with Crippen molar-refractivity contribution in [3.8, 4) is 0 Å². The Morgan fingerprint density at radius 3 is 2.47 bits per heavy atom. The van der Waals surface area contributed by atoms with Gasteiger partial charge in [-0.25, -0.2) is 0 Å². The third-order valence-electron chi connectivity index (χ3n) is 2.82. The molecule has 3 nitrogen and oxygen atoms in total. The molecule has 0 heterocycles. The van der Waals surface area contributed by atoms with Crippen LogP contribution in [-0.2, 0) is 11.3 Å². The minimum atomic E-state index is -0.451. The number of hydrogen-bond donors (Lipinski definition) is 1. The summed E-state index contributed by atoms with van der Waals surface area (Å²) in [5.74, 6) is 0.345. The number of benzene rings is 1. The SMILES string of the molecule is CC(C)C[C@@H](N)C(=O)N(C)Cc1ccc(Cl)c(Cl)c1. The van der Waals surface area contributed by atoms with Crippen molar-refractivity contribution in [1.82, 2.24) is 4.90 Å². The van der Waals surface area contributed by atoms with Gasteiger partial charge in [-0.1, -0.05) is 43.1 Å². The maximum Gasteiger partial charge on any atom is 0.239 e. The minimum Gasteiger partial charge on any atom is -0.340 e. The second-order valence-electron chi connectivity index (χ2n) is 5.18. The van der Waals surface area contributed by atoms with E-state index in [4.69, 9.17) is 28.9 Å². The quantitative estimate of drug-likeness (QED) is 0.907. The molecule has 0 saturated heterocycles. The lowest BCUT2D eigenvalue weighted by Crippen LogP contribution is -2.42. The highest BCUT2D eigenvalue weighted by Gasteiger charge is 2.19. The zero-order valence-corrected chi connectivity index (χ0v) is 13.0. The number of hydrogen-bond acceptors (Lipinski definition) is 2. The topological polar surface area (TPSA) is 46.3 Å². The van der Waals surface area contributed by atoms with Crippen LogP contribution < -0.4 is 5.73 Å². The molecule has 5 heteroatoms. The van der Waals surface area contributed by atoms with Gasteiger partial charge in [0.25, 0.3) is 0 Å². The van der Waals surface area contributed by atoms with Gasteiger partial charge >= 0.3 is 0 Å². The van der Waals surface area contributed by atoms with E-state index >= 15 is 0 Å². The van der Waals surface area contributed by atoms with Crippen LogP contribution in [0.5, 0.6) is 0 Å². The van der Waals surface area contributed by atoms with Crippen molar-refractivity contribution < 1.29 is 4.79 Å². The Bertz CT molecular complexity index is 449. The van der Waals surface area contributed by atoms with Crippen molar-refractivity contribution in [3.05, 3.63) is 33.8 Å². The molecule has 0 spiro atoms. The molecule has 0 radical (unpaired) electrons. The van der Waals surface area contributed by atoms with Gasteiger partial charge in [0.15, 0.2) is 0 Å². The first kappa shape index (κ1) is 16.3. The summed E-state index contributed by atoms with van der Waals surface area (Å²) < 4.78 is 0. The molecule has 0 fully saturated rings. The van der Waals surface area contributed by atoms with Crippen LogP contribution in [0.4, 0.5) is 0 Å². The maximum absolute atomic E-state index is 12.1. The summed E-state index contributed by atoms with van der Waals surface area (Å²) in [5, 5.41) is 1.00. The summed E-state index contributed by atoms with van der Waals surface area (Å²) in [4.78, 5) is 13.7. The first-order valence-electron chi connectivity index (χ1n) is 6.25. The van der Waals surface area contributed by atoms with Crippen LogP contribution in [-0.4, -0.2) is 23.9 Å². The van der Waals surface area contributed by atoms with Crippen molar-refractivity contribution >= 4 is 29.1 Å². The van der Waals surface area contributed by atoms with Crippen molar-refractivity contribution in [1.29, 1.82) is 0 Å². The third kappa shape index (κ3) is 5.01. The molecule has 1 amide bonds. The second kappa shape index (κ2) is 7.13. The molecule has 0 saturated carbocycles. The van der Waals surface area contributed by atoms with E-state index in [0.717, 1.165) is 5.56 Å². The fraction of sp³-hybridized carbons (Fsp3) is 0.500. The molecule has 0 aliphatic carbocycles. The number of carbonyl (C=O) groups excluding carboxylic acids is 1. The van der Waals surface area contributed by atoms with E-state index in [0.29, 0.717) is 28.9 Å². The first-order chi connectivity index (χ1) is 8.81. The lowest BCUT2D eigenvalue weighted by atomic mass is 10.0.